The number of aliphatic hydroxyl groups excluding tert-OH is 1. The maximum atomic E-state index is 13.2. The number of β-amino-alcohol motifs (C(OH)–C–C–N with tert-alkyl or cyclic N) is 1. The molecule has 2 aromatic rings. The summed E-state index contributed by atoms with van der Waals surface area (Å²) in [4.78, 5) is 21.8. The van der Waals surface area contributed by atoms with Gasteiger partial charge in [0.2, 0.25) is 0 Å². The van der Waals surface area contributed by atoms with E-state index in [0.717, 1.165) is 63.4 Å². The van der Waals surface area contributed by atoms with Crippen LogP contribution < -0.4 is 5.32 Å². The second-order valence-electron chi connectivity index (χ2n) is 9.16. The molecule has 1 fully saturated rings. The summed E-state index contributed by atoms with van der Waals surface area (Å²) in [6.07, 6.45) is 4.92. The van der Waals surface area contributed by atoms with Gasteiger partial charge in [0.25, 0.3) is 5.91 Å². The molecule has 0 saturated carbocycles. The second-order valence-corrected chi connectivity index (χ2v) is 9.16. The van der Waals surface area contributed by atoms with E-state index in [1.54, 1.807) is 4.90 Å². The van der Waals surface area contributed by atoms with Crippen molar-refractivity contribution < 1.29 is 14.6 Å². The predicted molar refractivity (Wildman–Crippen MR) is 123 cm³/mol. The summed E-state index contributed by atoms with van der Waals surface area (Å²) in [6, 6.07) is 10.8. The Morgan fingerprint density at radius 1 is 1.12 bits per heavy atom. The van der Waals surface area contributed by atoms with Crippen LogP contribution in [0.25, 0.3) is 0 Å². The van der Waals surface area contributed by atoms with Crippen molar-refractivity contribution >= 4 is 11.6 Å². The largest absolute Gasteiger partial charge is 0.390 e. The molecule has 1 amide bonds. The molecule has 3 aliphatic rings. The molecule has 0 aliphatic carbocycles. The quantitative estimate of drug-likeness (QED) is 0.722. The van der Waals surface area contributed by atoms with Gasteiger partial charge in [0.05, 0.1) is 29.2 Å². The molecule has 32 heavy (non-hydrogen) atoms. The molecule has 1 aromatic heterocycles. The van der Waals surface area contributed by atoms with Gasteiger partial charge in [-0.3, -0.25) is 14.7 Å². The van der Waals surface area contributed by atoms with E-state index in [9.17, 15) is 9.90 Å². The highest BCUT2D eigenvalue weighted by atomic mass is 16.5. The summed E-state index contributed by atoms with van der Waals surface area (Å²) in [5.41, 5.74) is 5.14. The van der Waals surface area contributed by atoms with Gasteiger partial charge in [0, 0.05) is 58.4 Å². The summed E-state index contributed by atoms with van der Waals surface area (Å²) in [5.74, 6) is -0.0302. The van der Waals surface area contributed by atoms with Crippen molar-refractivity contribution in [1.29, 1.82) is 0 Å². The second kappa shape index (κ2) is 9.57. The number of carbonyl (C=O) groups is 1. The maximum Gasteiger partial charge on any atom is 0.255 e. The normalized spacial score (nSPS) is 20.5. The maximum absolute atomic E-state index is 13.2. The topological polar surface area (TPSA) is 77.9 Å². The van der Waals surface area contributed by atoms with Crippen LogP contribution in [0.1, 0.15) is 40.0 Å². The lowest BCUT2D eigenvalue weighted by Crippen LogP contribution is -2.46. The lowest BCUT2D eigenvalue weighted by molar-refractivity contribution is 0.0491. The van der Waals surface area contributed by atoms with Gasteiger partial charge >= 0.3 is 0 Å². The van der Waals surface area contributed by atoms with E-state index in [0.29, 0.717) is 31.2 Å². The summed E-state index contributed by atoms with van der Waals surface area (Å²) in [6.45, 7) is 4.87. The smallest absolute Gasteiger partial charge is 0.255 e. The number of fused-ring (bicyclic) bond motifs is 2. The third-order valence-electron chi connectivity index (χ3n) is 6.81. The molecule has 0 radical (unpaired) electrons. The highest BCUT2D eigenvalue weighted by Gasteiger charge is 2.28. The number of hydrogen-bond donors (Lipinski definition) is 2. The average molecular weight is 437 g/mol. The van der Waals surface area contributed by atoms with Crippen molar-refractivity contribution in [3.8, 4) is 0 Å². The van der Waals surface area contributed by atoms with Crippen LogP contribution in [0.15, 0.2) is 36.5 Å². The van der Waals surface area contributed by atoms with Gasteiger partial charge in [-0.05, 0) is 36.5 Å². The number of hydrogen-bond acceptors (Lipinski definition) is 6. The Hall–Kier alpha value is -2.48. The minimum Gasteiger partial charge on any atom is -0.390 e. The molecule has 1 saturated heterocycles. The third-order valence-corrected chi connectivity index (χ3v) is 6.81. The Labute approximate surface area is 189 Å². The molecule has 170 valence electrons. The van der Waals surface area contributed by atoms with Crippen molar-refractivity contribution in [1.82, 2.24) is 14.8 Å². The van der Waals surface area contributed by atoms with Gasteiger partial charge in [-0.1, -0.05) is 24.3 Å². The van der Waals surface area contributed by atoms with Gasteiger partial charge < -0.3 is 20.1 Å². The van der Waals surface area contributed by atoms with Crippen LogP contribution in [-0.2, 0) is 24.1 Å². The molecule has 0 bridgehead atoms. The Morgan fingerprint density at radius 2 is 1.94 bits per heavy atom. The minimum absolute atomic E-state index is 0.0302. The number of benzene rings is 1. The van der Waals surface area contributed by atoms with E-state index < -0.39 is 6.10 Å². The van der Waals surface area contributed by atoms with Crippen LogP contribution in [0.4, 0.5) is 5.69 Å². The molecule has 5 rings (SSSR count). The van der Waals surface area contributed by atoms with Crippen LogP contribution in [-0.4, -0.2) is 77.3 Å². The Balaban J connectivity index is 1.19. The molecule has 0 spiro atoms. The first-order valence-electron chi connectivity index (χ1n) is 11.8. The van der Waals surface area contributed by atoms with Crippen molar-refractivity contribution in [2.24, 2.45) is 0 Å². The van der Waals surface area contributed by atoms with Crippen LogP contribution >= 0.6 is 0 Å². The molecule has 1 atom stereocenters. The SMILES string of the molecule is O=C1c2cc(NC3CCOCC3)cnc2CCN1CC(O)CN1CCc2ccccc2C1. The van der Waals surface area contributed by atoms with Crippen molar-refractivity contribution in [2.45, 2.75) is 44.4 Å². The number of ether oxygens (including phenoxy) is 1. The summed E-state index contributed by atoms with van der Waals surface area (Å²) in [7, 11) is 0. The number of nitrogens with zero attached hydrogens (tertiary/aromatic N) is 3. The average Bonchev–Trinajstić information content (AvgIpc) is 2.82. The van der Waals surface area contributed by atoms with Crippen molar-refractivity contribution in [3.05, 3.63) is 58.9 Å². The van der Waals surface area contributed by atoms with Gasteiger partial charge in [-0.15, -0.1) is 0 Å². The number of anilines is 1. The molecule has 2 N–H and O–H groups in total. The zero-order valence-corrected chi connectivity index (χ0v) is 18.5. The Bertz CT molecular complexity index is 960. The molecule has 7 heteroatoms. The molecule has 1 aromatic carbocycles. The third kappa shape index (κ3) is 4.80. The van der Waals surface area contributed by atoms with E-state index in [1.165, 1.54) is 11.1 Å². The number of aromatic nitrogens is 1. The van der Waals surface area contributed by atoms with Crippen LogP contribution in [0.5, 0.6) is 0 Å². The molecule has 1 unspecified atom stereocenters. The molecule has 7 nitrogen and oxygen atoms in total. The molecule has 3 aliphatic heterocycles. The zero-order valence-electron chi connectivity index (χ0n) is 18.5. The van der Waals surface area contributed by atoms with Crippen LogP contribution in [0, 0.1) is 0 Å². The first kappa shape index (κ1) is 21.4. The van der Waals surface area contributed by atoms with E-state index in [1.807, 2.05) is 12.3 Å². The Kier molecular flexibility index (Phi) is 6.39. The van der Waals surface area contributed by atoms with E-state index in [2.05, 4.69) is 39.5 Å². The Morgan fingerprint density at radius 3 is 2.78 bits per heavy atom. The van der Waals surface area contributed by atoms with Crippen molar-refractivity contribution in [3.63, 3.8) is 0 Å². The first-order valence-corrected chi connectivity index (χ1v) is 11.8. The molecular formula is C25H32N4O3. The van der Waals surface area contributed by atoms with E-state index in [4.69, 9.17) is 4.74 Å². The van der Waals surface area contributed by atoms with Crippen LogP contribution in [0.3, 0.4) is 0 Å². The summed E-state index contributed by atoms with van der Waals surface area (Å²) in [5, 5.41) is 14.3. The number of pyridine rings is 1. The van der Waals surface area contributed by atoms with E-state index in [-0.39, 0.29) is 5.91 Å². The first-order chi connectivity index (χ1) is 15.7. The lowest BCUT2D eigenvalue weighted by Gasteiger charge is -2.34. The lowest BCUT2D eigenvalue weighted by atomic mass is 9.99. The van der Waals surface area contributed by atoms with Crippen molar-refractivity contribution in [2.75, 3.05) is 44.7 Å². The molecular weight excluding hydrogens is 404 g/mol. The fourth-order valence-electron chi connectivity index (χ4n) is 5.04. The summed E-state index contributed by atoms with van der Waals surface area (Å²) >= 11 is 0. The summed E-state index contributed by atoms with van der Waals surface area (Å²) < 4.78 is 5.42. The number of rotatable bonds is 6. The highest BCUT2D eigenvalue weighted by Crippen LogP contribution is 2.23. The monoisotopic (exact) mass is 436 g/mol. The van der Waals surface area contributed by atoms with Gasteiger partial charge in [0.15, 0.2) is 0 Å². The van der Waals surface area contributed by atoms with Gasteiger partial charge in [0.1, 0.15) is 0 Å². The fraction of sp³-hybridized carbons (Fsp3) is 0.520. The van der Waals surface area contributed by atoms with Gasteiger partial charge in [-0.25, -0.2) is 0 Å². The standard InChI is InChI=1S/C25H32N4O3/c30-22(16-28-9-5-18-3-1-2-4-19(18)15-28)17-29-10-6-24-23(25(29)31)13-21(14-26-24)27-20-7-11-32-12-8-20/h1-4,13-14,20,22,27,30H,5-12,15-17H2. The number of amides is 1. The zero-order chi connectivity index (χ0) is 21.9. The highest BCUT2D eigenvalue weighted by molar-refractivity contribution is 5.97. The number of carbonyl (C=O) groups excluding carboxylic acids is 1. The van der Waals surface area contributed by atoms with E-state index >= 15 is 0 Å². The van der Waals surface area contributed by atoms with Crippen LogP contribution in [0.2, 0.25) is 0 Å². The minimum atomic E-state index is -0.567. The number of nitrogens with one attached hydrogen (secondary N) is 1. The number of aliphatic hydroxyl groups is 1. The molecule has 4 heterocycles. The predicted octanol–water partition coefficient (Wildman–Crippen LogP) is 2.09. The van der Waals surface area contributed by atoms with Gasteiger partial charge in [-0.2, -0.15) is 0 Å². The fourth-order valence-corrected chi connectivity index (χ4v) is 5.04.